The van der Waals surface area contributed by atoms with E-state index in [4.69, 9.17) is 18.0 Å². The summed E-state index contributed by atoms with van der Waals surface area (Å²) in [5, 5.41) is 0. The molecule has 60 valence electrons. The van der Waals surface area contributed by atoms with Gasteiger partial charge in [0, 0.05) is 11.8 Å². The summed E-state index contributed by atoms with van der Waals surface area (Å²) in [7, 11) is 0. The number of alkyl halides is 1. The van der Waals surface area contributed by atoms with Crippen molar-refractivity contribution in [2.75, 3.05) is 5.88 Å². The third-order valence-corrected chi connectivity index (χ3v) is 1.09. The van der Waals surface area contributed by atoms with Gasteiger partial charge in [0.1, 0.15) is 6.10 Å². The molecular formula is C8H9ClO2. The Morgan fingerprint density at radius 2 is 2.55 bits per heavy atom. The van der Waals surface area contributed by atoms with Crippen LogP contribution in [-0.4, -0.2) is 18.0 Å². The van der Waals surface area contributed by atoms with Gasteiger partial charge in [0.25, 0.3) is 0 Å². The van der Waals surface area contributed by atoms with Crippen LogP contribution in [0.25, 0.3) is 0 Å². The molecule has 1 unspecified atom stereocenters. The SMILES string of the molecule is C#CC(=O)OC(C)/C=C\CCl. The number of rotatable bonds is 3. The quantitative estimate of drug-likeness (QED) is 0.211. The number of allylic oxidation sites excluding steroid dienone is 1. The first-order valence-corrected chi connectivity index (χ1v) is 3.64. The fraction of sp³-hybridized carbons (Fsp3) is 0.375. The molecule has 0 aromatic heterocycles. The highest BCUT2D eigenvalue weighted by Crippen LogP contribution is 1.93. The lowest BCUT2D eigenvalue weighted by Gasteiger charge is -2.03. The average molecular weight is 173 g/mol. The van der Waals surface area contributed by atoms with Crippen LogP contribution in [-0.2, 0) is 9.53 Å². The predicted molar refractivity (Wildman–Crippen MR) is 44.2 cm³/mol. The van der Waals surface area contributed by atoms with Crippen molar-refractivity contribution in [3.63, 3.8) is 0 Å². The van der Waals surface area contributed by atoms with Gasteiger partial charge < -0.3 is 4.74 Å². The van der Waals surface area contributed by atoms with Crippen LogP contribution in [0.15, 0.2) is 12.2 Å². The molecule has 0 heterocycles. The number of hydrogen-bond acceptors (Lipinski definition) is 2. The largest absolute Gasteiger partial charge is 0.449 e. The second kappa shape index (κ2) is 5.82. The van der Waals surface area contributed by atoms with Crippen molar-refractivity contribution in [3.8, 4) is 12.3 Å². The van der Waals surface area contributed by atoms with Gasteiger partial charge in [-0.15, -0.1) is 18.0 Å². The Balaban J connectivity index is 3.71. The molecule has 3 heteroatoms. The van der Waals surface area contributed by atoms with E-state index in [2.05, 4.69) is 4.74 Å². The fourth-order valence-corrected chi connectivity index (χ4v) is 0.588. The minimum Gasteiger partial charge on any atom is -0.449 e. The molecule has 0 saturated carbocycles. The first-order chi connectivity index (χ1) is 5.20. The van der Waals surface area contributed by atoms with Crippen LogP contribution in [0.2, 0.25) is 0 Å². The van der Waals surface area contributed by atoms with Crippen molar-refractivity contribution >= 4 is 17.6 Å². The lowest BCUT2D eigenvalue weighted by molar-refractivity contribution is -0.139. The number of hydrogen-bond donors (Lipinski definition) is 0. The molecule has 1 atom stereocenters. The lowest BCUT2D eigenvalue weighted by Crippen LogP contribution is -2.10. The van der Waals surface area contributed by atoms with E-state index < -0.39 is 5.97 Å². The number of halogens is 1. The maximum atomic E-state index is 10.5. The summed E-state index contributed by atoms with van der Waals surface area (Å²) >= 11 is 5.35. The van der Waals surface area contributed by atoms with Crippen molar-refractivity contribution in [3.05, 3.63) is 12.2 Å². The van der Waals surface area contributed by atoms with Gasteiger partial charge in [0.05, 0.1) is 0 Å². The van der Waals surface area contributed by atoms with Crippen molar-refractivity contribution < 1.29 is 9.53 Å². The zero-order chi connectivity index (χ0) is 8.69. The molecule has 11 heavy (non-hydrogen) atoms. The van der Waals surface area contributed by atoms with Crippen LogP contribution in [0.4, 0.5) is 0 Å². The third kappa shape index (κ3) is 5.50. The number of esters is 1. The van der Waals surface area contributed by atoms with Gasteiger partial charge >= 0.3 is 5.97 Å². The fourth-order valence-electron chi connectivity index (χ4n) is 0.485. The summed E-state index contributed by atoms with van der Waals surface area (Å²) in [5.41, 5.74) is 0. The number of carbonyl (C=O) groups excluding carboxylic acids is 1. The molecule has 0 fully saturated rings. The van der Waals surface area contributed by atoms with Crippen LogP contribution >= 0.6 is 11.6 Å². The van der Waals surface area contributed by atoms with E-state index in [1.165, 1.54) is 0 Å². The van der Waals surface area contributed by atoms with Crippen LogP contribution in [0, 0.1) is 12.3 Å². The summed E-state index contributed by atoms with van der Waals surface area (Å²) < 4.78 is 4.68. The molecule has 0 N–H and O–H groups in total. The van der Waals surface area contributed by atoms with Gasteiger partial charge in [-0.2, -0.15) is 0 Å². The van der Waals surface area contributed by atoms with Crippen LogP contribution in [0.1, 0.15) is 6.92 Å². The number of ether oxygens (including phenoxy) is 1. The molecule has 0 rings (SSSR count). The van der Waals surface area contributed by atoms with E-state index in [-0.39, 0.29) is 6.10 Å². The Labute approximate surface area is 71.2 Å². The molecule has 0 amide bonds. The molecule has 0 saturated heterocycles. The summed E-state index contributed by atoms with van der Waals surface area (Å²) in [4.78, 5) is 10.5. The Kier molecular flexibility index (Phi) is 5.32. The summed E-state index contributed by atoms with van der Waals surface area (Å²) in [6, 6.07) is 0. The molecule has 0 spiro atoms. The third-order valence-electron chi connectivity index (χ3n) is 0.907. The molecule has 2 nitrogen and oxygen atoms in total. The van der Waals surface area contributed by atoms with Crippen LogP contribution < -0.4 is 0 Å². The molecule has 0 aliphatic rings. The van der Waals surface area contributed by atoms with E-state index in [1.54, 1.807) is 19.1 Å². The van der Waals surface area contributed by atoms with E-state index in [0.29, 0.717) is 5.88 Å². The number of carbonyl (C=O) groups is 1. The standard InChI is InChI=1S/C8H9ClO2/c1-3-8(10)11-7(2)5-4-6-9/h1,4-5,7H,6H2,2H3/b5-4-. The topological polar surface area (TPSA) is 26.3 Å². The van der Waals surface area contributed by atoms with Gasteiger partial charge in [-0.1, -0.05) is 6.08 Å². The zero-order valence-corrected chi connectivity index (χ0v) is 6.97. The molecule has 0 radical (unpaired) electrons. The zero-order valence-electron chi connectivity index (χ0n) is 6.21. The smallest absolute Gasteiger partial charge is 0.384 e. The van der Waals surface area contributed by atoms with Gasteiger partial charge in [-0.25, -0.2) is 4.79 Å². The maximum Gasteiger partial charge on any atom is 0.384 e. The molecule has 0 aromatic rings. The summed E-state index contributed by atoms with van der Waals surface area (Å²) in [6.45, 7) is 1.71. The van der Waals surface area contributed by atoms with Gasteiger partial charge in [-0.05, 0) is 13.0 Å². The monoisotopic (exact) mass is 172 g/mol. The second-order valence-electron chi connectivity index (χ2n) is 1.84. The highest BCUT2D eigenvalue weighted by Gasteiger charge is 2.00. The van der Waals surface area contributed by atoms with E-state index in [0.717, 1.165) is 0 Å². The van der Waals surface area contributed by atoms with Crippen LogP contribution in [0.3, 0.4) is 0 Å². The van der Waals surface area contributed by atoms with Crippen molar-refractivity contribution in [2.24, 2.45) is 0 Å². The minimum absolute atomic E-state index is 0.308. The van der Waals surface area contributed by atoms with Gasteiger partial charge in [0.2, 0.25) is 0 Å². The lowest BCUT2D eigenvalue weighted by atomic mass is 10.3. The Bertz CT molecular complexity index is 191. The second-order valence-corrected chi connectivity index (χ2v) is 2.15. The average Bonchev–Trinajstić information content (AvgIpc) is 2.00. The van der Waals surface area contributed by atoms with E-state index in [1.807, 2.05) is 5.92 Å². The Morgan fingerprint density at radius 3 is 3.00 bits per heavy atom. The predicted octanol–water partition coefficient (Wildman–Crippen LogP) is 1.35. The Morgan fingerprint density at radius 1 is 1.91 bits per heavy atom. The minimum atomic E-state index is -0.656. The van der Waals surface area contributed by atoms with Gasteiger partial charge in [0.15, 0.2) is 0 Å². The highest BCUT2D eigenvalue weighted by atomic mass is 35.5. The maximum absolute atomic E-state index is 10.5. The van der Waals surface area contributed by atoms with Crippen molar-refractivity contribution in [2.45, 2.75) is 13.0 Å². The molecule has 0 bridgehead atoms. The summed E-state index contributed by atoms with van der Waals surface area (Å²) in [6.07, 6.45) is 7.83. The van der Waals surface area contributed by atoms with Gasteiger partial charge in [-0.3, -0.25) is 0 Å². The first-order valence-electron chi connectivity index (χ1n) is 3.10. The first kappa shape index (κ1) is 10.1. The summed E-state index contributed by atoms with van der Waals surface area (Å²) in [5.74, 6) is 1.59. The van der Waals surface area contributed by atoms with E-state index in [9.17, 15) is 4.79 Å². The highest BCUT2D eigenvalue weighted by molar-refractivity contribution is 6.18. The molecule has 0 aliphatic heterocycles. The molecular weight excluding hydrogens is 164 g/mol. The Hall–Kier alpha value is -0.940. The van der Waals surface area contributed by atoms with E-state index >= 15 is 0 Å². The number of terminal acetylenes is 1. The van der Waals surface area contributed by atoms with Crippen molar-refractivity contribution in [1.29, 1.82) is 0 Å². The van der Waals surface area contributed by atoms with Crippen LogP contribution in [0.5, 0.6) is 0 Å². The van der Waals surface area contributed by atoms with Crippen molar-refractivity contribution in [1.82, 2.24) is 0 Å². The molecule has 0 aliphatic carbocycles. The normalized spacial score (nSPS) is 12.5. The molecule has 0 aromatic carbocycles.